The Morgan fingerprint density at radius 1 is 0.427 bits per heavy atom. The third-order valence-electron chi connectivity index (χ3n) is 13.6. The Bertz CT molecular complexity index is 2440. The van der Waals surface area contributed by atoms with Crippen LogP contribution in [0.25, 0.3) is 0 Å². The second-order valence-corrected chi connectivity index (χ2v) is 23.2. The average molecular weight is 1220 g/mol. The number of hydrogen-bond donors (Lipinski definition) is 15. The van der Waals surface area contributed by atoms with Crippen molar-refractivity contribution in [2.45, 2.75) is 43.6 Å². The number of aliphatic carboxylic acids is 1. The van der Waals surface area contributed by atoms with Gasteiger partial charge in [0.15, 0.2) is 0 Å². The number of nitrogens with two attached hydrogens (primary N) is 1. The highest BCUT2D eigenvalue weighted by atomic mass is 32.2. The van der Waals surface area contributed by atoms with E-state index in [1.165, 1.54) is 11.8 Å². The molecular weight excluding hydrogens is 1140 g/mol. The average Bonchev–Trinajstić information content (AvgIpc) is 2.36. The minimum atomic E-state index is -1.63. The maximum Gasteiger partial charge on any atom is 0.327 e. The molecule has 14 amide bonds. The maximum absolute atomic E-state index is 14.0. The lowest BCUT2D eigenvalue weighted by molar-refractivity contribution is -0.141. The Balaban J connectivity index is 1.32. The van der Waals surface area contributed by atoms with Gasteiger partial charge in [-0.05, 0) is 0 Å². The van der Waals surface area contributed by atoms with Gasteiger partial charge in [0.05, 0.1) is 77.5 Å². The molecule has 16 N–H and O–H groups in total. The van der Waals surface area contributed by atoms with Crippen LogP contribution in [0.15, 0.2) is 0 Å². The number of nitrogens with one attached hydrogen (secondary N) is 12. The van der Waals surface area contributed by atoms with E-state index in [0.29, 0.717) is 0 Å². The zero-order valence-electron chi connectivity index (χ0n) is 44.6. The molecule has 6 bridgehead atoms. The number of aliphatic hydroxyl groups excluding tert-OH is 1. The molecule has 7 fully saturated rings. The molecule has 7 rings (SSSR count). The molecule has 0 radical (unpaired) electrons. The summed E-state index contributed by atoms with van der Waals surface area (Å²) in [6.07, 6.45) is -1.60. The first-order valence-electron chi connectivity index (χ1n) is 25.9. The van der Waals surface area contributed by atoms with Crippen LogP contribution >= 0.6 is 35.3 Å². The first-order chi connectivity index (χ1) is 39.0. The third-order valence-corrected chi connectivity index (χ3v) is 16.8. The monoisotopic (exact) mass is 1210 g/mol. The second kappa shape index (κ2) is 32.0. The Hall–Kier alpha value is -7.02. The number of nitrogens with zero attached hydrogens (tertiary/aromatic N) is 3. The van der Waals surface area contributed by atoms with Crippen molar-refractivity contribution in [1.29, 1.82) is 0 Å². The number of fused-ring (bicyclic) bond motifs is 44. The molecule has 6 atom stereocenters. The molecule has 2 spiro atoms. The van der Waals surface area contributed by atoms with Crippen LogP contribution in [0.5, 0.6) is 0 Å². The number of carbonyl (C=O) groups excluding carboxylic acids is 14. The normalized spacial score (nSPS) is 28.7. The molecule has 0 aromatic heterocycles. The fourth-order valence-electron chi connectivity index (χ4n) is 9.30. The molecule has 82 heavy (non-hydrogen) atoms. The largest absolute Gasteiger partial charge is 0.480 e. The minimum absolute atomic E-state index is 0.0124. The highest BCUT2D eigenvalue weighted by Crippen LogP contribution is 2.57. The van der Waals surface area contributed by atoms with Crippen molar-refractivity contribution in [3.63, 3.8) is 0 Å². The number of carbonyl (C=O) groups is 15. The van der Waals surface area contributed by atoms with Crippen LogP contribution in [0, 0.1) is 10.8 Å². The Labute approximate surface area is 482 Å². The van der Waals surface area contributed by atoms with Crippen molar-refractivity contribution in [1.82, 2.24) is 78.5 Å². The Morgan fingerprint density at radius 3 is 1.10 bits per heavy atom. The van der Waals surface area contributed by atoms with Gasteiger partial charge < -0.3 is 89.1 Å². The predicted octanol–water partition coefficient (Wildman–Crippen LogP) is -10.8. The van der Waals surface area contributed by atoms with Gasteiger partial charge in [-0.3, -0.25) is 72.4 Å². The quantitative estimate of drug-likeness (QED) is 0.108. The van der Waals surface area contributed by atoms with Crippen LogP contribution in [0.3, 0.4) is 0 Å². The molecule has 7 aliphatic rings. The number of aliphatic hydroxyl groups is 1. The Kier molecular flexibility index (Phi) is 25.7. The summed E-state index contributed by atoms with van der Waals surface area (Å²) in [5.41, 5.74) is 4.56. The van der Waals surface area contributed by atoms with E-state index in [9.17, 15) is 82.1 Å². The lowest BCUT2D eigenvalue weighted by atomic mass is 9.71. The van der Waals surface area contributed by atoms with Gasteiger partial charge >= 0.3 is 5.97 Å². The molecule has 0 aromatic carbocycles. The fourth-order valence-corrected chi connectivity index (χ4v) is 12.1. The zero-order valence-corrected chi connectivity index (χ0v) is 47.1. The van der Waals surface area contributed by atoms with Gasteiger partial charge in [0, 0.05) is 104 Å². The van der Waals surface area contributed by atoms with Crippen LogP contribution in [-0.4, -0.2) is 277 Å². The molecule has 7 heterocycles. The van der Waals surface area contributed by atoms with Gasteiger partial charge in [-0.25, -0.2) is 4.79 Å². The molecular formula is C46H70N16O17S3. The van der Waals surface area contributed by atoms with Gasteiger partial charge in [0.1, 0.15) is 12.3 Å². The first kappa shape index (κ1) is 65.8. The summed E-state index contributed by atoms with van der Waals surface area (Å²) in [6, 6.07) is -3.63. The standard InChI is InChI=1S/C46H70N16O17S3/c47-26-17-80-4-1-39(73)60-20-45-22-61-23-46(45,21-60)25-62(24-45)41(75)3-6-82-19-28(44(78)79)59-38(72)16-55-34(68)12-51-30(64)8-49-32(66)10-53-36(70)14-57-43(77)27(18-81-5-2-40(61)74)58-37(71)15-54-33(67)11-50-29(63)7-48-31(65)9-52-35(69)13-56-42(26)76/h26-28,43,57,77H,1-25,47H2,(H,48,65)(H,49,66)(H,50,63)(H,51,64)(H,52,69)(H,53,70)(H,54,67)(H,55,68)(H,56,76)(H,58,71)(H,59,72)(H,78,79)/t26-,27-,28-,43?,45+,46?/m0/s1. The van der Waals surface area contributed by atoms with E-state index in [4.69, 9.17) is 5.73 Å². The fraction of sp³-hybridized carbons (Fsp3) is 0.674. The molecule has 36 heteroatoms. The van der Waals surface area contributed by atoms with Crippen molar-refractivity contribution < 1.29 is 82.1 Å². The number of hydrogen-bond acceptors (Lipinski definition) is 21. The summed E-state index contributed by atoms with van der Waals surface area (Å²) in [4.78, 5) is 196. The van der Waals surface area contributed by atoms with Gasteiger partial charge in [-0.1, -0.05) is 0 Å². The maximum atomic E-state index is 14.0. The summed E-state index contributed by atoms with van der Waals surface area (Å²) in [7, 11) is 0. The van der Waals surface area contributed by atoms with E-state index in [2.05, 4.69) is 63.8 Å². The summed E-state index contributed by atoms with van der Waals surface area (Å²) in [5, 5.41) is 48.8. The van der Waals surface area contributed by atoms with Crippen molar-refractivity contribution in [3.8, 4) is 0 Å². The number of carboxylic acid groups (broad SMARTS) is 1. The summed E-state index contributed by atoms with van der Waals surface area (Å²) in [5.74, 6) is -10.3. The van der Waals surface area contributed by atoms with Gasteiger partial charge in [-0.15, -0.1) is 0 Å². The van der Waals surface area contributed by atoms with Crippen molar-refractivity contribution in [3.05, 3.63) is 0 Å². The second-order valence-electron chi connectivity index (χ2n) is 19.8. The molecule has 2 unspecified atom stereocenters. The lowest BCUT2D eigenvalue weighted by Gasteiger charge is -2.31. The Morgan fingerprint density at radius 2 is 0.732 bits per heavy atom. The predicted molar refractivity (Wildman–Crippen MR) is 291 cm³/mol. The summed E-state index contributed by atoms with van der Waals surface area (Å²) >= 11 is 3.49. The summed E-state index contributed by atoms with van der Waals surface area (Å²) in [6.45, 7) is -4.89. The number of carboxylic acids is 1. The number of thioether (sulfide) groups is 3. The smallest absolute Gasteiger partial charge is 0.327 e. The summed E-state index contributed by atoms with van der Waals surface area (Å²) < 4.78 is 0. The van der Waals surface area contributed by atoms with E-state index in [0.717, 1.165) is 23.5 Å². The number of amides is 14. The van der Waals surface area contributed by atoms with Crippen molar-refractivity contribution in [2.24, 2.45) is 16.6 Å². The molecule has 33 nitrogen and oxygen atoms in total. The van der Waals surface area contributed by atoms with Crippen molar-refractivity contribution in [2.75, 3.05) is 139 Å². The molecule has 7 saturated heterocycles. The van der Waals surface area contributed by atoms with Crippen LogP contribution in [0.2, 0.25) is 0 Å². The van der Waals surface area contributed by atoms with E-state index in [1.807, 2.05) is 0 Å². The highest BCUT2D eigenvalue weighted by molar-refractivity contribution is 7.99. The molecule has 0 aromatic rings. The molecule has 7 aliphatic heterocycles. The number of rotatable bonds is 1. The first-order valence-corrected chi connectivity index (χ1v) is 29.4. The zero-order chi connectivity index (χ0) is 60.0. The van der Waals surface area contributed by atoms with E-state index >= 15 is 0 Å². The van der Waals surface area contributed by atoms with Crippen LogP contribution < -0.4 is 69.5 Å². The highest BCUT2D eigenvalue weighted by Gasteiger charge is 2.68. The molecule has 454 valence electrons. The lowest BCUT2D eigenvalue weighted by Crippen LogP contribution is -2.55. The van der Waals surface area contributed by atoms with E-state index < -0.39 is 172 Å². The van der Waals surface area contributed by atoms with Gasteiger partial charge in [0.25, 0.3) is 0 Å². The molecule has 0 aliphatic carbocycles. The topological polar surface area (TPSA) is 477 Å². The molecule has 0 saturated carbocycles. The van der Waals surface area contributed by atoms with Crippen LogP contribution in [-0.2, 0) is 71.9 Å². The van der Waals surface area contributed by atoms with Crippen molar-refractivity contribution >= 4 is 124 Å². The van der Waals surface area contributed by atoms with Gasteiger partial charge in [-0.2, -0.15) is 35.3 Å². The van der Waals surface area contributed by atoms with E-state index in [-0.39, 0.29) is 111 Å². The van der Waals surface area contributed by atoms with Gasteiger partial charge in [0.2, 0.25) is 82.7 Å². The SMILES string of the molecule is N[C@H]1CSCCC(=O)N2CC34CN5C[C@]3(CN(C4)C(=O)CCSC[C@H](NC(=O)CNC(=O)CNC(=O)CNC(=O)CNC(=O)CNC1=O)C(O)NCC(=O)NCC(=O)NCC(=O)NCC(=O)NCC(=O)N[C@H](C(=O)O)CSCCC5=O)C2. The minimum Gasteiger partial charge on any atom is -0.480 e. The van der Waals surface area contributed by atoms with Crippen LogP contribution in [0.1, 0.15) is 19.3 Å². The third kappa shape index (κ3) is 20.8. The van der Waals surface area contributed by atoms with Crippen LogP contribution in [0.4, 0.5) is 0 Å². The van der Waals surface area contributed by atoms with E-state index in [1.54, 1.807) is 14.7 Å².